The van der Waals surface area contributed by atoms with Gasteiger partial charge in [-0.05, 0) is 39.0 Å². The van der Waals surface area contributed by atoms with E-state index in [2.05, 4.69) is 20.7 Å². The van der Waals surface area contributed by atoms with Crippen molar-refractivity contribution >= 4 is 34.7 Å². The van der Waals surface area contributed by atoms with Crippen molar-refractivity contribution in [1.29, 1.82) is 0 Å². The Morgan fingerprint density at radius 1 is 1.20 bits per heavy atom. The molecule has 30 heavy (non-hydrogen) atoms. The molecule has 0 saturated heterocycles. The molecule has 1 aromatic carbocycles. The second-order valence-corrected chi connectivity index (χ2v) is 8.29. The number of benzene rings is 1. The van der Waals surface area contributed by atoms with Crippen molar-refractivity contribution < 1.29 is 19.1 Å². The standard InChI is InChI=1S/C20H23N5O4S/c1-20(2,3)29-19(27)24-14-8-13(6-7-16(14)28-5)22-17(26)15-11-30-18(23-15)12-9-21-25(4)10-12/h6-11H,1-5H3,(H,22,26)(H,24,27). The van der Waals surface area contributed by atoms with Gasteiger partial charge >= 0.3 is 6.09 Å². The van der Waals surface area contributed by atoms with Crippen LogP contribution in [-0.2, 0) is 11.8 Å². The minimum Gasteiger partial charge on any atom is -0.495 e. The van der Waals surface area contributed by atoms with E-state index in [1.54, 1.807) is 55.2 Å². The molecule has 0 spiro atoms. The van der Waals surface area contributed by atoms with Gasteiger partial charge in [0.2, 0.25) is 0 Å². The molecule has 0 saturated carbocycles. The third-order valence-corrected chi connectivity index (χ3v) is 4.67. The van der Waals surface area contributed by atoms with E-state index in [1.165, 1.54) is 18.4 Å². The van der Waals surface area contributed by atoms with E-state index in [9.17, 15) is 9.59 Å². The number of hydrogen-bond donors (Lipinski definition) is 2. The van der Waals surface area contributed by atoms with E-state index in [4.69, 9.17) is 9.47 Å². The summed E-state index contributed by atoms with van der Waals surface area (Å²) in [6.45, 7) is 5.32. The van der Waals surface area contributed by atoms with Gasteiger partial charge in [-0.15, -0.1) is 11.3 Å². The molecule has 10 heteroatoms. The van der Waals surface area contributed by atoms with Crippen molar-refractivity contribution in [3.8, 4) is 16.3 Å². The molecule has 0 atom stereocenters. The smallest absolute Gasteiger partial charge is 0.412 e. The maximum Gasteiger partial charge on any atom is 0.412 e. The van der Waals surface area contributed by atoms with E-state index < -0.39 is 11.7 Å². The summed E-state index contributed by atoms with van der Waals surface area (Å²) in [6.07, 6.45) is 2.90. The lowest BCUT2D eigenvalue weighted by Crippen LogP contribution is -2.27. The zero-order valence-corrected chi connectivity index (χ0v) is 18.2. The largest absolute Gasteiger partial charge is 0.495 e. The molecular formula is C20H23N5O4S. The Hall–Kier alpha value is -3.40. The average Bonchev–Trinajstić information content (AvgIpc) is 3.29. The summed E-state index contributed by atoms with van der Waals surface area (Å²) in [5.41, 5.74) is 1.34. The van der Waals surface area contributed by atoms with Crippen LogP contribution in [0.4, 0.5) is 16.2 Å². The van der Waals surface area contributed by atoms with Crippen molar-refractivity contribution in [1.82, 2.24) is 14.8 Å². The first-order chi connectivity index (χ1) is 14.1. The predicted molar refractivity (Wildman–Crippen MR) is 115 cm³/mol. The predicted octanol–water partition coefficient (Wildman–Crippen LogP) is 4.15. The van der Waals surface area contributed by atoms with E-state index in [-0.39, 0.29) is 11.6 Å². The Bertz CT molecular complexity index is 1070. The van der Waals surface area contributed by atoms with Crippen LogP contribution in [0.25, 0.3) is 10.6 Å². The Labute approximate surface area is 178 Å². The third kappa shape index (κ3) is 5.35. The molecule has 158 valence electrons. The highest BCUT2D eigenvalue weighted by molar-refractivity contribution is 7.13. The molecule has 9 nitrogen and oxygen atoms in total. The Balaban J connectivity index is 1.74. The summed E-state index contributed by atoms with van der Waals surface area (Å²) in [6, 6.07) is 4.91. The lowest BCUT2D eigenvalue weighted by molar-refractivity contribution is 0.0635. The number of nitrogens with zero attached hydrogens (tertiary/aromatic N) is 3. The molecule has 0 aliphatic carbocycles. The summed E-state index contributed by atoms with van der Waals surface area (Å²) >= 11 is 1.36. The molecule has 0 aliphatic heterocycles. The second-order valence-electron chi connectivity index (χ2n) is 7.44. The number of hydrogen-bond acceptors (Lipinski definition) is 7. The summed E-state index contributed by atoms with van der Waals surface area (Å²) in [5, 5.41) is 11.9. The molecular weight excluding hydrogens is 406 g/mol. The number of thiazole rings is 1. The monoisotopic (exact) mass is 429 g/mol. The zero-order chi connectivity index (χ0) is 21.9. The molecule has 2 heterocycles. The molecule has 0 unspecified atom stereocenters. The molecule has 2 aromatic heterocycles. The van der Waals surface area contributed by atoms with Gasteiger partial charge < -0.3 is 14.8 Å². The van der Waals surface area contributed by atoms with Crippen LogP contribution in [0.5, 0.6) is 5.75 Å². The van der Waals surface area contributed by atoms with Gasteiger partial charge in [-0.1, -0.05) is 0 Å². The zero-order valence-electron chi connectivity index (χ0n) is 17.3. The van der Waals surface area contributed by atoms with Crippen LogP contribution in [0.2, 0.25) is 0 Å². The van der Waals surface area contributed by atoms with E-state index in [1.807, 2.05) is 13.2 Å². The van der Waals surface area contributed by atoms with Crippen LogP contribution in [0.15, 0.2) is 36.0 Å². The molecule has 3 rings (SSSR count). The average molecular weight is 430 g/mol. The topological polar surface area (TPSA) is 107 Å². The van der Waals surface area contributed by atoms with Crippen LogP contribution in [0.1, 0.15) is 31.3 Å². The van der Waals surface area contributed by atoms with Crippen molar-refractivity contribution in [3.05, 3.63) is 41.7 Å². The quantitative estimate of drug-likeness (QED) is 0.631. The van der Waals surface area contributed by atoms with Crippen LogP contribution in [0.3, 0.4) is 0 Å². The molecule has 2 N–H and O–H groups in total. The maximum atomic E-state index is 12.6. The second kappa shape index (κ2) is 8.54. The number of anilines is 2. The van der Waals surface area contributed by atoms with Crippen molar-refractivity contribution in [2.75, 3.05) is 17.7 Å². The van der Waals surface area contributed by atoms with Crippen LogP contribution < -0.4 is 15.4 Å². The summed E-state index contributed by atoms with van der Waals surface area (Å²) in [5.74, 6) is 0.0705. The highest BCUT2D eigenvalue weighted by atomic mass is 32.1. The van der Waals surface area contributed by atoms with Gasteiger partial charge in [-0.25, -0.2) is 9.78 Å². The third-order valence-electron chi connectivity index (χ3n) is 3.78. The van der Waals surface area contributed by atoms with Gasteiger partial charge in [-0.3, -0.25) is 14.8 Å². The van der Waals surface area contributed by atoms with Crippen molar-refractivity contribution in [2.45, 2.75) is 26.4 Å². The number of ether oxygens (including phenoxy) is 2. The highest BCUT2D eigenvalue weighted by Gasteiger charge is 2.19. The van der Waals surface area contributed by atoms with E-state index in [0.29, 0.717) is 22.1 Å². The van der Waals surface area contributed by atoms with Gasteiger partial charge in [0.1, 0.15) is 22.1 Å². The van der Waals surface area contributed by atoms with Crippen molar-refractivity contribution in [3.63, 3.8) is 0 Å². The van der Waals surface area contributed by atoms with Gasteiger partial charge in [0.25, 0.3) is 5.91 Å². The summed E-state index contributed by atoms with van der Waals surface area (Å²) < 4.78 is 12.2. The molecule has 0 radical (unpaired) electrons. The molecule has 0 aliphatic rings. The lowest BCUT2D eigenvalue weighted by Gasteiger charge is -2.20. The normalized spacial score (nSPS) is 11.1. The molecule has 2 amide bonds. The van der Waals surface area contributed by atoms with Gasteiger partial charge in [0.05, 0.1) is 19.0 Å². The Kier molecular flexibility index (Phi) is 6.06. The first-order valence-corrected chi connectivity index (χ1v) is 9.96. The van der Waals surface area contributed by atoms with Gasteiger partial charge in [0, 0.05) is 29.9 Å². The number of carbonyl (C=O) groups excluding carboxylic acids is 2. The number of nitrogens with one attached hydrogen (secondary N) is 2. The maximum absolute atomic E-state index is 12.6. The first-order valence-electron chi connectivity index (χ1n) is 9.08. The fourth-order valence-electron chi connectivity index (χ4n) is 2.53. The molecule has 0 bridgehead atoms. The minimum absolute atomic E-state index is 0.288. The van der Waals surface area contributed by atoms with Gasteiger partial charge in [0.15, 0.2) is 0 Å². The van der Waals surface area contributed by atoms with Crippen molar-refractivity contribution in [2.24, 2.45) is 7.05 Å². The van der Waals surface area contributed by atoms with Gasteiger partial charge in [-0.2, -0.15) is 5.10 Å². The Morgan fingerprint density at radius 2 is 1.97 bits per heavy atom. The summed E-state index contributed by atoms with van der Waals surface area (Å²) in [4.78, 5) is 29.1. The number of methoxy groups -OCH3 is 1. The molecule has 0 fully saturated rings. The summed E-state index contributed by atoms with van der Waals surface area (Å²) in [7, 11) is 3.31. The fourth-order valence-corrected chi connectivity index (χ4v) is 3.31. The van der Waals surface area contributed by atoms with E-state index in [0.717, 1.165) is 5.56 Å². The number of carbonyl (C=O) groups is 2. The fraction of sp³-hybridized carbons (Fsp3) is 0.300. The SMILES string of the molecule is COc1ccc(NC(=O)c2csc(-c3cnn(C)c3)n2)cc1NC(=O)OC(C)(C)C. The number of aryl methyl sites for hydroxylation is 1. The number of rotatable bonds is 5. The van der Waals surface area contributed by atoms with E-state index >= 15 is 0 Å². The van der Waals surface area contributed by atoms with Crippen LogP contribution in [-0.4, -0.2) is 39.5 Å². The first kappa shape index (κ1) is 21.3. The molecule has 3 aromatic rings. The van der Waals surface area contributed by atoms with Crippen LogP contribution in [0, 0.1) is 0 Å². The Morgan fingerprint density at radius 3 is 2.60 bits per heavy atom. The minimum atomic E-state index is -0.639. The highest BCUT2D eigenvalue weighted by Crippen LogP contribution is 2.29. The van der Waals surface area contributed by atoms with Crippen LogP contribution >= 0.6 is 11.3 Å². The number of amides is 2. The number of aromatic nitrogens is 3. The lowest BCUT2D eigenvalue weighted by atomic mass is 10.2.